The topological polar surface area (TPSA) is 99.5 Å². The van der Waals surface area contributed by atoms with Gasteiger partial charge in [-0.15, -0.1) is 0 Å². The number of aromatic nitrogens is 3. The van der Waals surface area contributed by atoms with Crippen molar-refractivity contribution >= 4 is 28.6 Å². The molecule has 0 fully saturated rings. The molecule has 136 valence electrons. The van der Waals surface area contributed by atoms with Crippen LogP contribution in [0.5, 0.6) is 0 Å². The zero-order chi connectivity index (χ0) is 19.0. The second kappa shape index (κ2) is 6.56. The number of carboxylic acids is 1. The van der Waals surface area contributed by atoms with Gasteiger partial charge in [0, 0.05) is 6.07 Å². The highest BCUT2D eigenvalue weighted by atomic mass is 19.1. The first-order valence-electron chi connectivity index (χ1n) is 8.25. The Bertz CT molecular complexity index is 1150. The van der Waals surface area contributed by atoms with Gasteiger partial charge in [-0.05, 0) is 29.8 Å². The number of para-hydroxylation sites is 2. The second-order valence-electron chi connectivity index (χ2n) is 6.14. The van der Waals surface area contributed by atoms with Crippen LogP contribution in [0, 0.1) is 5.82 Å². The molecule has 0 aliphatic carbocycles. The van der Waals surface area contributed by atoms with Gasteiger partial charge in [-0.25, -0.2) is 13.9 Å². The van der Waals surface area contributed by atoms with Crippen molar-refractivity contribution in [1.29, 1.82) is 0 Å². The Balaban J connectivity index is 1.62. The summed E-state index contributed by atoms with van der Waals surface area (Å²) in [6.07, 6.45) is -0.321. The van der Waals surface area contributed by atoms with Crippen LogP contribution < -0.4 is 5.32 Å². The number of benzene rings is 2. The predicted molar refractivity (Wildman–Crippen MR) is 95.9 cm³/mol. The second-order valence-corrected chi connectivity index (χ2v) is 6.14. The first-order chi connectivity index (χ1) is 13.0. The van der Waals surface area contributed by atoms with Gasteiger partial charge in [0.25, 0.3) is 5.91 Å². The standard InChI is InChI=1S/C19H15FN4O3/c20-12-7-5-11(6-8-12)14(10-18(25)26)22-19(27)15-9-17-21-13-3-1-2-4-16(13)24(17)23-15/h1-9,14,23H,10H2,(H,22,27)(H,25,26). The van der Waals surface area contributed by atoms with E-state index in [-0.39, 0.29) is 12.1 Å². The molecule has 0 bridgehead atoms. The third-order valence-corrected chi connectivity index (χ3v) is 4.29. The lowest BCUT2D eigenvalue weighted by Gasteiger charge is -2.17. The van der Waals surface area contributed by atoms with E-state index >= 15 is 0 Å². The molecule has 2 heterocycles. The minimum atomic E-state index is -1.07. The van der Waals surface area contributed by atoms with Crippen molar-refractivity contribution in [2.45, 2.75) is 12.5 Å². The molecule has 0 radical (unpaired) electrons. The maximum Gasteiger partial charge on any atom is 0.305 e. The van der Waals surface area contributed by atoms with E-state index in [4.69, 9.17) is 5.11 Å². The van der Waals surface area contributed by atoms with Crippen LogP contribution in [-0.4, -0.2) is 31.6 Å². The third kappa shape index (κ3) is 3.24. The van der Waals surface area contributed by atoms with Crippen molar-refractivity contribution in [2.75, 3.05) is 0 Å². The van der Waals surface area contributed by atoms with Gasteiger partial charge in [0.1, 0.15) is 11.5 Å². The minimum Gasteiger partial charge on any atom is -0.481 e. The van der Waals surface area contributed by atoms with Crippen molar-refractivity contribution in [1.82, 2.24) is 19.9 Å². The van der Waals surface area contributed by atoms with Crippen LogP contribution in [0.4, 0.5) is 4.39 Å². The summed E-state index contributed by atoms with van der Waals surface area (Å²) in [5.74, 6) is -1.98. The number of H-pyrrole nitrogens is 1. The number of carbonyl (C=O) groups excluding carboxylic acids is 1. The Kier molecular flexibility index (Phi) is 4.08. The van der Waals surface area contributed by atoms with E-state index in [1.165, 1.54) is 24.3 Å². The van der Waals surface area contributed by atoms with Crippen molar-refractivity contribution < 1.29 is 19.1 Å². The van der Waals surface area contributed by atoms with Crippen molar-refractivity contribution in [3.8, 4) is 0 Å². The number of imidazole rings is 1. The molecule has 0 spiro atoms. The molecule has 27 heavy (non-hydrogen) atoms. The number of carboxylic acid groups (broad SMARTS) is 1. The number of aliphatic carboxylic acids is 1. The Morgan fingerprint density at radius 3 is 2.67 bits per heavy atom. The highest BCUT2D eigenvalue weighted by molar-refractivity contribution is 5.95. The molecule has 2 aromatic carbocycles. The molecule has 0 aliphatic rings. The lowest BCUT2D eigenvalue weighted by Crippen LogP contribution is -2.30. The van der Waals surface area contributed by atoms with E-state index in [2.05, 4.69) is 15.4 Å². The van der Waals surface area contributed by atoms with Gasteiger partial charge >= 0.3 is 5.97 Å². The van der Waals surface area contributed by atoms with E-state index in [0.29, 0.717) is 11.2 Å². The number of carbonyl (C=O) groups is 2. The fourth-order valence-corrected chi connectivity index (χ4v) is 3.02. The summed E-state index contributed by atoms with van der Waals surface area (Å²) in [5.41, 5.74) is 2.96. The quantitative estimate of drug-likeness (QED) is 0.506. The summed E-state index contributed by atoms with van der Waals surface area (Å²) in [7, 11) is 0. The lowest BCUT2D eigenvalue weighted by atomic mass is 10.0. The van der Waals surface area contributed by atoms with Crippen LogP contribution >= 0.6 is 0 Å². The first kappa shape index (κ1) is 16.8. The maximum atomic E-state index is 13.1. The van der Waals surface area contributed by atoms with Crippen molar-refractivity contribution in [3.63, 3.8) is 0 Å². The molecule has 1 atom stereocenters. The molecule has 8 heteroatoms. The average molecular weight is 366 g/mol. The summed E-state index contributed by atoms with van der Waals surface area (Å²) < 4.78 is 14.8. The SMILES string of the molecule is O=C(O)CC(NC(=O)c1cc2nc3ccccc3n2[nH]1)c1ccc(F)cc1. The Morgan fingerprint density at radius 1 is 1.19 bits per heavy atom. The smallest absolute Gasteiger partial charge is 0.305 e. The molecule has 3 N–H and O–H groups in total. The number of nitrogens with zero attached hydrogens (tertiary/aromatic N) is 2. The number of amides is 1. The van der Waals surface area contributed by atoms with Crippen LogP contribution in [0.25, 0.3) is 16.7 Å². The highest BCUT2D eigenvalue weighted by Gasteiger charge is 2.21. The van der Waals surface area contributed by atoms with E-state index in [1.807, 2.05) is 24.3 Å². The minimum absolute atomic E-state index is 0.251. The third-order valence-electron chi connectivity index (χ3n) is 4.29. The number of aromatic amines is 1. The Labute approximate surface area is 152 Å². The molecule has 4 rings (SSSR count). The van der Waals surface area contributed by atoms with Crippen LogP contribution in [0.1, 0.15) is 28.5 Å². The molecule has 4 aromatic rings. The number of hydrogen-bond donors (Lipinski definition) is 3. The van der Waals surface area contributed by atoms with E-state index < -0.39 is 23.7 Å². The van der Waals surface area contributed by atoms with Crippen LogP contribution in [0.2, 0.25) is 0 Å². The summed E-state index contributed by atoms with van der Waals surface area (Å²) in [6.45, 7) is 0. The normalized spacial score (nSPS) is 12.3. The number of fused-ring (bicyclic) bond motifs is 3. The predicted octanol–water partition coefficient (Wildman–Crippen LogP) is 2.90. The average Bonchev–Trinajstić information content (AvgIpc) is 3.19. The largest absolute Gasteiger partial charge is 0.481 e. The number of rotatable bonds is 5. The zero-order valence-electron chi connectivity index (χ0n) is 14.0. The van der Waals surface area contributed by atoms with E-state index in [9.17, 15) is 14.0 Å². The summed E-state index contributed by atoms with van der Waals surface area (Å²) in [4.78, 5) is 28.2. The van der Waals surface area contributed by atoms with Gasteiger partial charge < -0.3 is 10.4 Å². The highest BCUT2D eigenvalue weighted by Crippen LogP contribution is 2.20. The van der Waals surface area contributed by atoms with Gasteiger partial charge in [-0.1, -0.05) is 24.3 Å². The number of halogens is 1. The Hall–Kier alpha value is -3.68. The fraction of sp³-hybridized carbons (Fsp3) is 0.105. The maximum absolute atomic E-state index is 13.1. The first-order valence-corrected chi connectivity index (χ1v) is 8.25. The van der Waals surface area contributed by atoms with E-state index in [0.717, 1.165) is 11.0 Å². The molecule has 0 aliphatic heterocycles. The molecule has 0 saturated carbocycles. The molecule has 1 amide bonds. The van der Waals surface area contributed by atoms with Crippen molar-refractivity contribution in [3.05, 3.63) is 71.7 Å². The molecule has 7 nitrogen and oxygen atoms in total. The molecule has 1 unspecified atom stereocenters. The van der Waals surface area contributed by atoms with Crippen LogP contribution in [-0.2, 0) is 4.79 Å². The monoisotopic (exact) mass is 366 g/mol. The van der Waals surface area contributed by atoms with Crippen molar-refractivity contribution in [2.24, 2.45) is 0 Å². The zero-order valence-corrected chi connectivity index (χ0v) is 14.0. The van der Waals surface area contributed by atoms with Crippen LogP contribution in [0.15, 0.2) is 54.6 Å². The van der Waals surface area contributed by atoms with Gasteiger partial charge in [0.2, 0.25) is 0 Å². The van der Waals surface area contributed by atoms with Crippen LogP contribution in [0.3, 0.4) is 0 Å². The fourth-order valence-electron chi connectivity index (χ4n) is 3.02. The van der Waals surface area contributed by atoms with Gasteiger partial charge in [-0.3, -0.25) is 14.7 Å². The van der Waals surface area contributed by atoms with Gasteiger partial charge in [0.05, 0.1) is 23.5 Å². The number of hydrogen-bond acceptors (Lipinski definition) is 3. The number of nitrogens with one attached hydrogen (secondary N) is 2. The lowest BCUT2D eigenvalue weighted by molar-refractivity contribution is -0.137. The summed E-state index contributed by atoms with van der Waals surface area (Å²) in [5, 5.41) is 14.8. The van der Waals surface area contributed by atoms with Gasteiger partial charge in [0.15, 0.2) is 5.65 Å². The summed E-state index contributed by atoms with van der Waals surface area (Å²) in [6, 6.07) is 13.7. The van der Waals surface area contributed by atoms with E-state index in [1.54, 1.807) is 10.6 Å². The molecular formula is C19H15FN4O3. The summed E-state index contributed by atoms with van der Waals surface area (Å²) >= 11 is 0. The molecule has 2 aromatic heterocycles. The Morgan fingerprint density at radius 2 is 1.93 bits per heavy atom. The molecular weight excluding hydrogens is 351 g/mol. The molecule has 0 saturated heterocycles. The van der Waals surface area contributed by atoms with Gasteiger partial charge in [-0.2, -0.15) is 0 Å².